The third-order valence-corrected chi connectivity index (χ3v) is 2.68. The van der Waals surface area contributed by atoms with Gasteiger partial charge in [0.2, 0.25) is 5.88 Å². The fourth-order valence-corrected chi connectivity index (χ4v) is 1.61. The summed E-state index contributed by atoms with van der Waals surface area (Å²) in [5.41, 5.74) is 0.931. The highest BCUT2D eigenvalue weighted by molar-refractivity contribution is 5.47. The largest absolute Gasteiger partial charge is 0.475 e. The number of methoxy groups -OCH3 is 1. The van der Waals surface area contributed by atoms with E-state index in [0.717, 1.165) is 37.4 Å². The van der Waals surface area contributed by atoms with E-state index in [1.54, 1.807) is 7.11 Å². The van der Waals surface area contributed by atoms with Crippen molar-refractivity contribution in [3.63, 3.8) is 0 Å². The minimum Gasteiger partial charge on any atom is -0.475 e. The summed E-state index contributed by atoms with van der Waals surface area (Å²) in [5, 5.41) is 3.25. The second-order valence-electron chi connectivity index (χ2n) is 4.39. The molecule has 0 spiro atoms. The van der Waals surface area contributed by atoms with Gasteiger partial charge in [0, 0.05) is 26.9 Å². The highest BCUT2D eigenvalue weighted by Crippen LogP contribution is 2.19. The number of nitrogens with zero attached hydrogens (tertiary/aromatic N) is 2. The summed E-state index contributed by atoms with van der Waals surface area (Å²) in [4.78, 5) is 8.35. The Kier molecular flexibility index (Phi) is 8.66. The van der Waals surface area contributed by atoms with Crippen molar-refractivity contribution in [3.8, 4) is 5.88 Å². The van der Waals surface area contributed by atoms with Gasteiger partial charge in [-0.15, -0.1) is 0 Å². The van der Waals surface area contributed by atoms with E-state index < -0.39 is 0 Å². The summed E-state index contributed by atoms with van der Waals surface area (Å²) in [5.74, 6) is 1.44. The predicted octanol–water partition coefficient (Wildman–Crippen LogP) is 2.04. The van der Waals surface area contributed by atoms with Gasteiger partial charge in [0.25, 0.3) is 0 Å². The molecule has 1 aromatic heterocycles. The third-order valence-electron chi connectivity index (χ3n) is 2.68. The molecule has 0 saturated heterocycles. The van der Waals surface area contributed by atoms with Gasteiger partial charge in [0.05, 0.1) is 12.2 Å². The van der Waals surface area contributed by atoms with Crippen LogP contribution in [0.15, 0.2) is 6.33 Å². The third kappa shape index (κ3) is 6.16. The Morgan fingerprint density at radius 3 is 2.75 bits per heavy atom. The SMILES string of the molecule is CCCNc1ncnc(OCCOCCCOC)c1C. The molecule has 6 heteroatoms. The van der Waals surface area contributed by atoms with Gasteiger partial charge < -0.3 is 19.5 Å². The lowest BCUT2D eigenvalue weighted by molar-refractivity contribution is 0.0793. The monoisotopic (exact) mass is 283 g/mol. The topological polar surface area (TPSA) is 65.5 Å². The molecule has 0 bridgehead atoms. The lowest BCUT2D eigenvalue weighted by Crippen LogP contribution is -2.11. The van der Waals surface area contributed by atoms with Crippen molar-refractivity contribution >= 4 is 5.82 Å². The van der Waals surface area contributed by atoms with E-state index in [4.69, 9.17) is 14.2 Å². The van der Waals surface area contributed by atoms with Crippen molar-refractivity contribution in [1.82, 2.24) is 9.97 Å². The average Bonchev–Trinajstić information content (AvgIpc) is 2.46. The molecule has 0 atom stereocenters. The van der Waals surface area contributed by atoms with E-state index in [0.29, 0.717) is 25.7 Å². The molecule has 0 aliphatic rings. The molecule has 0 aliphatic carbocycles. The summed E-state index contributed by atoms with van der Waals surface area (Å²) in [7, 11) is 1.69. The molecular formula is C14H25N3O3. The van der Waals surface area contributed by atoms with Gasteiger partial charge in [-0.25, -0.2) is 9.97 Å². The molecule has 6 nitrogen and oxygen atoms in total. The Labute approximate surface area is 120 Å². The van der Waals surface area contributed by atoms with Crippen LogP contribution in [0.3, 0.4) is 0 Å². The summed E-state index contributed by atoms with van der Waals surface area (Å²) in [6, 6.07) is 0. The number of anilines is 1. The highest BCUT2D eigenvalue weighted by atomic mass is 16.5. The van der Waals surface area contributed by atoms with Crippen molar-refractivity contribution in [2.45, 2.75) is 26.7 Å². The lowest BCUT2D eigenvalue weighted by Gasteiger charge is -2.11. The number of nitrogens with one attached hydrogen (secondary N) is 1. The normalized spacial score (nSPS) is 10.6. The first-order chi connectivity index (χ1) is 9.79. The molecule has 0 fully saturated rings. The molecule has 0 aromatic carbocycles. The molecule has 20 heavy (non-hydrogen) atoms. The minimum atomic E-state index is 0.484. The van der Waals surface area contributed by atoms with Crippen LogP contribution in [0.5, 0.6) is 5.88 Å². The van der Waals surface area contributed by atoms with E-state index in [2.05, 4.69) is 22.2 Å². The van der Waals surface area contributed by atoms with E-state index in [9.17, 15) is 0 Å². The Bertz CT molecular complexity index is 375. The maximum atomic E-state index is 5.62. The van der Waals surface area contributed by atoms with Gasteiger partial charge in [-0.3, -0.25) is 0 Å². The van der Waals surface area contributed by atoms with Crippen LogP contribution in [0.4, 0.5) is 5.82 Å². The Balaban J connectivity index is 2.29. The molecular weight excluding hydrogens is 258 g/mol. The molecule has 1 N–H and O–H groups in total. The Morgan fingerprint density at radius 2 is 2.00 bits per heavy atom. The van der Waals surface area contributed by atoms with Gasteiger partial charge in [0.1, 0.15) is 18.8 Å². The zero-order valence-corrected chi connectivity index (χ0v) is 12.6. The first-order valence-electron chi connectivity index (χ1n) is 7.04. The van der Waals surface area contributed by atoms with Crippen molar-refractivity contribution < 1.29 is 14.2 Å². The van der Waals surface area contributed by atoms with Crippen LogP contribution in [0.1, 0.15) is 25.3 Å². The van der Waals surface area contributed by atoms with Crippen molar-refractivity contribution in [2.24, 2.45) is 0 Å². The molecule has 1 heterocycles. The summed E-state index contributed by atoms with van der Waals surface area (Å²) < 4.78 is 16.0. The molecule has 0 saturated carbocycles. The summed E-state index contributed by atoms with van der Waals surface area (Å²) in [6.45, 7) is 7.39. The van der Waals surface area contributed by atoms with Crippen LogP contribution in [0, 0.1) is 6.92 Å². The maximum Gasteiger partial charge on any atom is 0.221 e. The molecule has 0 unspecified atom stereocenters. The van der Waals surface area contributed by atoms with Gasteiger partial charge in [-0.2, -0.15) is 0 Å². The quantitative estimate of drug-likeness (QED) is 0.627. The van der Waals surface area contributed by atoms with Crippen molar-refractivity contribution in [2.75, 3.05) is 45.4 Å². The number of hydrogen-bond donors (Lipinski definition) is 1. The van der Waals surface area contributed by atoms with Crippen LogP contribution in [0.25, 0.3) is 0 Å². The molecule has 0 radical (unpaired) electrons. The first-order valence-corrected chi connectivity index (χ1v) is 7.04. The van der Waals surface area contributed by atoms with Crippen LogP contribution in [0.2, 0.25) is 0 Å². The highest BCUT2D eigenvalue weighted by Gasteiger charge is 2.07. The van der Waals surface area contributed by atoms with E-state index >= 15 is 0 Å². The molecule has 0 amide bonds. The standard InChI is InChI=1S/C14H25N3O3/c1-4-6-15-13-12(2)14(17-11-16-13)20-10-9-19-8-5-7-18-3/h11H,4-10H2,1-3H3,(H,15,16,17). The molecule has 114 valence electrons. The van der Waals surface area contributed by atoms with Crippen molar-refractivity contribution in [1.29, 1.82) is 0 Å². The molecule has 1 rings (SSSR count). The van der Waals surface area contributed by atoms with E-state index in [-0.39, 0.29) is 0 Å². The van der Waals surface area contributed by atoms with Crippen LogP contribution >= 0.6 is 0 Å². The number of rotatable bonds is 11. The van der Waals surface area contributed by atoms with E-state index in [1.807, 2.05) is 6.92 Å². The van der Waals surface area contributed by atoms with Gasteiger partial charge in [-0.05, 0) is 19.8 Å². The Morgan fingerprint density at radius 1 is 1.15 bits per heavy atom. The number of ether oxygens (including phenoxy) is 3. The van der Waals surface area contributed by atoms with E-state index in [1.165, 1.54) is 6.33 Å². The summed E-state index contributed by atoms with van der Waals surface area (Å²) >= 11 is 0. The molecule has 1 aromatic rings. The summed E-state index contributed by atoms with van der Waals surface area (Å²) in [6.07, 6.45) is 3.46. The molecule has 0 aliphatic heterocycles. The number of aromatic nitrogens is 2. The maximum absolute atomic E-state index is 5.62. The zero-order valence-electron chi connectivity index (χ0n) is 12.6. The number of hydrogen-bond acceptors (Lipinski definition) is 6. The van der Waals surface area contributed by atoms with Crippen molar-refractivity contribution in [3.05, 3.63) is 11.9 Å². The smallest absolute Gasteiger partial charge is 0.221 e. The first kappa shape index (κ1) is 16.7. The fraction of sp³-hybridized carbons (Fsp3) is 0.714. The van der Waals surface area contributed by atoms with Gasteiger partial charge >= 0.3 is 0 Å². The fourth-order valence-electron chi connectivity index (χ4n) is 1.61. The second kappa shape index (κ2) is 10.4. The van der Waals surface area contributed by atoms with Crippen LogP contribution in [-0.4, -0.2) is 50.1 Å². The average molecular weight is 283 g/mol. The Hall–Kier alpha value is -1.40. The lowest BCUT2D eigenvalue weighted by atomic mass is 10.3. The van der Waals surface area contributed by atoms with Crippen LogP contribution in [-0.2, 0) is 9.47 Å². The second-order valence-corrected chi connectivity index (χ2v) is 4.39. The van der Waals surface area contributed by atoms with Crippen LogP contribution < -0.4 is 10.1 Å². The predicted molar refractivity (Wildman–Crippen MR) is 78.4 cm³/mol. The van der Waals surface area contributed by atoms with Gasteiger partial charge in [-0.1, -0.05) is 6.92 Å². The zero-order chi connectivity index (χ0) is 14.6. The minimum absolute atomic E-state index is 0.484. The van der Waals surface area contributed by atoms with Gasteiger partial charge in [0.15, 0.2) is 0 Å².